The Bertz CT molecular complexity index is 436. The molecule has 4 heteroatoms. The Labute approximate surface area is 121 Å². The third-order valence-electron chi connectivity index (χ3n) is 2.53. The minimum Gasteiger partial charge on any atom is -0.444 e. The number of carbonyl (C=O) groups excluding carboxylic acids is 1. The van der Waals surface area contributed by atoms with E-state index in [0.717, 1.165) is 12.0 Å². The minimum absolute atomic E-state index is 0.287. The molecule has 1 aromatic carbocycles. The van der Waals surface area contributed by atoms with E-state index in [0.29, 0.717) is 13.1 Å². The van der Waals surface area contributed by atoms with Crippen molar-refractivity contribution in [2.75, 3.05) is 20.1 Å². The molecule has 110 valence electrons. The summed E-state index contributed by atoms with van der Waals surface area (Å²) in [5.41, 5.74) is 0.643. The minimum atomic E-state index is -0.448. The van der Waals surface area contributed by atoms with Gasteiger partial charge in [-0.05, 0) is 32.8 Å². The average molecular weight is 276 g/mol. The van der Waals surface area contributed by atoms with Gasteiger partial charge in [-0.25, -0.2) is 4.79 Å². The largest absolute Gasteiger partial charge is 0.444 e. The van der Waals surface area contributed by atoms with Gasteiger partial charge in [0.2, 0.25) is 0 Å². The Morgan fingerprint density at radius 1 is 1.30 bits per heavy atom. The first-order valence-corrected chi connectivity index (χ1v) is 6.87. The quantitative estimate of drug-likeness (QED) is 0.611. The fourth-order valence-electron chi connectivity index (χ4n) is 1.54. The predicted octanol–water partition coefficient (Wildman–Crippen LogP) is 3.36. The highest BCUT2D eigenvalue weighted by molar-refractivity contribution is 5.79. The maximum Gasteiger partial charge on any atom is 0.410 e. The molecule has 1 amide bonds. The molecule has 0 heterocycles. The number of benzene rings is 1. The molecule has 0 N–H and O–H groups in total. The Kier molecular flexibility index (Phi) is 6.22. The van der Waals surface area contributed by atoms with E-state index in [1.807, 2.05) is 57.3 Å². The van der Waals surface area contributed by atoms with Crippen molar-refractivity contribution in [2.24, 2.45) is 4.99 Å². The molecule has 1 rings (SSSR count). The lowest BCUT2D eigenvalue weighted by Gasteiger charge is -2.24. The van der Waals surface area contributed by atoms with Gasteiger partial charge in [0, 0.05) is 26.4 Å². The number of rotatable bonds is 5. The zero-order chi connectivity index (χ0) is 15.0. The molecule has 0 aliphatic carbocycles. The Balaban J connectivity index is 2.24. The molecule has 0 atom stereocenters. The van der Waals surface area contributed by atoms with Crippen LogP contribution in [-0.2, 0) is 4.74 Å². The lowest BCUT2D eigenvalue weighted by atomic mass is 10.2. The molecular weight excluding hydrogens is 252 g/mol. The van der Waals surface area contributed by atoms with Crippen LogP contribution in [-0.4, -0.2) is 42.9 Å². The lowest BCUT2D eigenvalue weighted by molar-refractivity contribution is 0.0298. The highest BCUT2D eigenvalue weighted by Crippen LogP contribution is 2.09. The van der Waals surface area contributed by atoms with E-state index < -0.39 is 5.60 Å². The number of hydrogen-bond donors (Lipinski definition) is 0. The highest BCUT2D eigenvalue weighted by Gasteiger charge is 2.18. The zero-order valence-corrected chi connectivity index (χ0v) is 12.8. The fraction of sp³-hybridized carbons (Fsp3) is 0.500. The standard InChI is InChI=1S/C16H24N2O2/c1-16(2,3)20-15(19)18(4)12-8-11-17-13-14-9-6-5-7-10-14/h5-7,9-10,13H,8,11-12H2,1-4H3. The van der Waals surface area contributed by atoms with Gasteiger partial charge in [0.05, 0.1) is 0 Å². The van der Waals surface area contributed by atoms with Crippen molar-refractivity contribution >= 4 is 12.3 Å². The fourth-order valence-corrected chi connectivity index (χ4v) is 1.54. The van der Waals surface area contributed by atoms with Gasteiger partial charge in [0.15, 0.2) is 0 Å². The van der Waals surface area contributed by atoms with Crippen LogP contribution in [0.5, 0.6) is 0 Å². The number of amides is 1. The average Bonchev–Trinajstić information content (AvgIpc) is 2.37. The van der Waals surface area contributed by atoms with Crippen LogP contribution in [0.3, 0.4) is 0 Å². The van der Waals surface area contributed by atoms with Crippen LogP contribution in [0.4, 0.5) is 4.79 Å². The van der Waals surface area contributed by atoms with Crippen molar-refractivity contribution in [1.29, 1.82) is 0 Å². The van der Waals surface area contributed by atoms with Crippen LogP contribution < -0.4 is 0 Å². The maximum atomic E-state index is 11.7. The second-order valence-electron chi connectivity index (χ2n) is 5.70. The third kappa shape index (κ3) is 6.92. The summed E-state index contributed by atoms with van der Waals surface area (Å²) in [7, 11) is 1.75. The van der Waals surface area contributed by atoms with E-state index in [4.69, 9.17) is 4.74 Å². The Hall–Kier alpha value is -1.84. The second-order valence-corrected chi connectivity index (χ2v) is 5.70. The summed E-state index contributed by atoms with van der Waals surface area (Å²) in [6.45, 7) is 6.93. The molecule has 0 spiro atoms. The van der Waals surface area contributed by atoms with Crippen LogP contribution in [0.25, 0.3) is 0 Å². The normalized spacial score (nSPS) is 11.6. The van der Waals surface area contributed by atoms with Gasteiger partial charge in [-0.2, -0.15) is 0 Å². The first-order valence-electron chi connectivity index (χ1n) is 6.87. The van der Waals surface area contributed by atoms with E-state index in [9.17, 15) is 4.79 Å². The lowest BCUT2D eigenvalue weighted by Crippen LogP contribution is -2.34. The van der Waals surface area contributed by atoms with E-state index in [1.54, 1.807) is 11.9 Å². The van der Waals surface area contributed by atoms with Gasteiger partial charge in [0.1, 0.15) is 5.60 Å². The van der Waals surface area contributed by atoms with Gasteiger partial charge in [-0.3, -0.25) is 4.99 Å². The van der Waals surface area contributed by atoms with Crippen molar-refractivity contribution < 1.29 is 9.53 Å². The summed E-state index contributed by atoms with van der Waals surface area (Å²) in [5, 5.41) is 0. The first kappa shape index (κ1) is 16.2. The third-order valence-corrected chi connectivity index (χ3v) is 2.53. The van der Waals surface area contributed by atoms with Crippen molar-refractivity contribution in [1.82, 2.24) is 4.90 Å². The van der Waals surface area contributed by atoms with Gasteiger partial charge in [-0.15, -0.1) is 0 Å². The number of ether oxygens (including phenoxy) is 1. The summed E-state index contributed by atoms with van der Waals surface area (Å²) in [6.07, 6.45) is 2.39. The first-order chi connectivity index (χ1) is 9.38. The SMILES string of the molecule is CN(CCCN=Cc1ccccc1)C(=O)OC(C)(C)C. The van der Waals surface area contributed by atoms with Gasteiger partial charge >= 0.3 is 6.09 Å². The molecule has 0 radical (unpaired) electrons. The predicted molar refractivity (Wildman–Crippen MR) is 82.4 cm³/mol. The number of carbonyl (C=O) groups is 1. The van der Waals surface area contributed by atoms with Crippen molar-refractivity contribution in [3.8, 4) is 0 Å². The maximum absolute atomic E-state index is 11.7. The molecule has 1 aromatic rings. The Morgan fingerprint density at radius 3 is 2.55 bits per heavy atom. The van der Waals surface area contributed by atoms with Crippen LogP contribution in [0.15, 0.2) is 35.3 Å². The molecule has 0 unspecified atom stereocenters. The van der Waals surface area contributed by atoms with E-state index in [1.165, 1.54) is 0 Å². The smallest absolute Gasteiger partial charge is 0.410 e. The van der Waals surface area contributed by atoms with Crippen LogP contribution >= 0.6 is 0 Å². The van der Waals surface area contributed by atoms with Gasteiger partial charge < -0.3 is 9.64 Å². The number of aliphatic imine (C=N–C) groups is 1. The molecule has 0 bridgehead atoms. The van der Waals surface area contributed by atoms with Crippen LogP contribution in [0.2, 0.25) is 0 Å². The summed E-state index contributed by atoms with van der Waals surface area (Å²) in [5.74, 6) is 0. The van der Waals surface area contributed by atoms with E-state index >= 15 is 0 Å². The van der Waals surface area contributed by atoms with E-state index in [2.05, 4.69) is 4.99 Å². The van der Waals surface area contributed by atoms with Crippen molar-refractivity contribution in [3.05, 3.63) is 35.9 Å². The van der Waals surface area contributed by atoms with Crippen LogP contribution in [0.1, 0.15) is 32.8 Å². The summed E-state index contributed by atoms with van der Waals surface area (Å²) >= 11 is 0. The highest BCUT2D eigenvalue weighted by atomic mass is 16.6. The Morgan fingerprint density at radius 2 is 1.95 bits per heavy atom. The monoisotopic (exact) mass is 276 g/mol. The molecule has 0 fully saturated rings. The summed E-state index contributed by atoms with van der Waals surface area (Å²) < 4.78 is 5.27. The second kappa shape index (κ2) is 7.68. The topological polar surface area (TPSA) is 41.9 Å². The number of hydrogen-bond acceptors (Lipinski definition) is 3. The molecule has 20 heavy (non-hydrogen) atoms. The van der Waals surface area contributed by atoms with Crippen molar-refractivity contribution in [3.63, 3.8) is 0 Å². The number of nitrogens with zero attached hydrogens (tertiary/aromatic N) is 2. The molecular formula is C16H24N2O2. The molecule has 4 nitrogen and oxygen atoms in total. The molecule has 0 aliphatic heterocycles. The van der Waals surface area contributed by atoms with Crippen LogP contribution in [0, 0.1) is 0 Å². The molecule has 0 aromatic heterocycles. The van der Waals surface area contributed by atoms with Gasteiger partial charge in [0.25, 0.3) is 0 Å². The molecule has 0 aliphatic rings. The summed E-state index contributed by atoms with van der Waals surface area (Å²) in [6, 6.07) is 9.97. The molecule has 0 saturated carbocycles. The van der Waals surface area contributed by atoms with Gasteiger partial charge in [-0.1, -0.05) is 30.3 Å². The molecule has 0 saturated heterocycles. The van der Waals surface area contributed by atoms with Crippen molar-refractivity contribution in [2.45, 2.75) is 32.8 Å². The zero-order valence-electron chi connectivity index (χ0n) is 12.8. The summed E-state index contributed by atoms with van der Waals surface area (Å²) in [4.78, 5) is 17.6. The van der Waals surface area contributed by atoms with E-state index in [-0.39, 0.29) is 6.09 Å².